The van der Waals surface area contributed by atoms with Crippen molar-refractivity contribution in [3.05, 3.63) is 96.8 Å². The van der Waals surface area contributed by atoms with Gasteiger partial charge in [-0.1, -0.05) is 52.3 Å². The molecular formula is C39H53N5O8. The van der Waals surface area contributed by atoms with Crippen LogP contribution in [0.3, 0.4) is 0 Å². The first-order valence-electron chi connectivity index (χ1n) is 16.9. The Morgan fingerprint density at radius 1 is 0.942 bits per heavy atom. The number of aromatic carboxylic acids is 1. The van der Waals surface area contributed by atoms with E-state index in [4.69, 9.17) is 10.2 Å². The Morgan fingerprint density at radius 2 is 1.56 bits per heavy atom. The summed E-state index contributed by atoms with van der Waals surface area (Å²) >= 11 is 0. The van der Waals surface area contributed by atoms with Crippen molar-refractivity contribution in [3.8, 4) is 11.5 Å². The number of nitrogens with one attached hydrogen (secondary N) is 3. The number of carboxylic acid groups (broad SMARTS) is 1. The van der Waals surface area contributed by atoms with Gasteiger partial charge >= 0.3 is 12.0 Å². The molecule has 1 aliphatic heterocycles. The van der Waals surface area contributed by atoms with Crippen LogP contribution in [-0.4, -0.2) is 75.6 Å². The van der Waals surface area contributed by atoms with Crippen molar-refractivity contribution < 1.29 is 39.3 Å². The third-order valence-corrected chi connectivity index (χ3v) is 8.36. The van der Waals surface area contributed by atoms with Gasteiger partial charge in [-0.15, -0.1) is 6.58 Å². The number of hydrogen-bond donors (Lipinski definition) is 6. The number of allylic oxidation sites excluding steroid dienone is 1. The molecule has 3 atom stereocenters. The summed E-state index contributed by atoms with van der Waals surface area (Å²) in [5, 5.41) is 33.6. The number of carbonyl (C=O) groups is 5. The summed E-state index contributed by atoms with van der Waals surface area (Å²) in [5.41, 5.74) is 0.953. The fourth-order valence-corrected chi connectivity index (χ4v) is 5.64. The predicted molar refractivity (Wildman–Crippen MR) is 201 cm³/mol. The van der Waals surface area contributed by atoms with Crippen LogP contribution in [0.4, 0.5) is 10.5 Å². The summed E-state index contributed by atoms with van der Waals surface area (Å²) in [7, 11) is 4.21. The Morgan fingerprint density at radius 3 is 1.98 bits per heavy atom. The smallest absolute Gasteiger partial charge is 0.337 e. The van der Waals surface area contributed by atoms with E-state index in [2.05, 4.69) is 66.4 Å². The molecule has 0 radical (unpaired) electrons. The number of rotatable bonds is 11. The molecular weight excluding hydrogens is 666 g/mol. The molecule has 52 heavy (non-hydrogen) atoms. The molecule has 13 heteroatoms. The molecule has 0 bridgehead atoms. The molecule has 1 aliphatic rings. The van der Waals surface area contributed by atoms with Gasteiger partial charge < -0.3 is 25.5 Å². The highest BCUT2D eigenvalue weighted by molar-refractivity contribution is 6.19. The number of benzene rings is 2. The third kappa shape index (κ3) is 14.4. The Balaban J connectivity index is 0.000000355. The summed E-state index contributed by atoms with van der Waals surface area (Å²) in [4.78, 5) is 61.3. The maximum absolute atomic E-state index is 11.9. The van der Waals surface area contributed by atoms with Crippen molar-refractivity contribution in [2.75, 3.05) is 26.0 Å². The highest BCUT2D eigenvalue weighted by atomic mass is 16.4. The predicted octanol–water partition coefficient (Wildman–Crippen LogP) is 6.17. The van der Waals surface area contributed by atoms with Crippen molar-refractivity contribution in [3.63, 3.8) is 0 Å². The zero-order chi connectivity index (χ0) is 39.4. The van der Waals surface area contributed by atoms with Gasteiger partial charge in [0.25, 0.3) is 0 Å². The molecule has 1 fully saturated rings. The summed E-state index contributed by atoms with van der Waals surface area (Å²) in [6, 6.07) is 16.3. The Hall–Kier alpha value is -5.56. The fraction of sp³-hybridized carbons (Fsp3) is 0.385. The van der Waals surface area contributed by atoms with E-state index in [0.717, 1.165) is 13.0 Å². The van der Waals surface area contributed by atoms with Crippen LogP contribution in [0.1, 0.15) is 75.7 Å². The minimum absolute atomic E-state index is 0.115. The van der Waals surface area contributed by atoms with Gasteiger partial charge in [0.15, 0.2) is 0 Å². The monoisotopic (exact) mass is 719 g/mol. The van der Waals surface area contributed by atoms with Crippen molar-refractivity contribution >= 4 is 35.4 Å². The average Bonchev–Trinajstić information content (AvgIpc) is 3.08. The van der Waals surface area contributed by atoms with E-state index in [1.54, 1.807) is 24.3 Å². The number of nitrogens with zero attached hydrogens (tertiary/aromatic N) is 2. The number of urea groups is 1. The second-order valence-corrected chi connectivity index (χ2v) is 12.6. The highest BCUT2D eigenvalue weighted by Crippen LogP contribution is 2.36. The van der Waals surface area contributed by atoms with E-state index >= 15 is 0 Å². The number of pyridine rings is 1. The number of phenolic OH excluding ortho intramolecular Hbond substituents is 2. The molecule has 3 aromatic rings. The molecule has 282 valence electrons. The molecule has 2 aromatic carbocycles. The molecule has 0 spiro atoms. The number of aromatic hydroxyl groups is 2. The largest absolute Gasteiger partial charge is 0.508 e. The van der Waals surface area contributed by atoms with Crippen LogP contribution in [-0.2, 0) is 14.4 Å². The molecule has 4 rings (SSSR count). The van der Waals surface area contributed by atoms with Crippen molar-refractivity contribution in [2.45, 2.75) is 59.8 Å². The molecule has 6 N–H and O–H groups in total. The van der Waals surface area contributed by atoms with Gasteiger partial charge in [0.05, 0.1) is 5.56 Å². The lowest BCUT2D eigenvalue weighted by molar-refractivity contribution is -0.148. The number of barbiturate groups is 1. The number of amides is 5. The molecule has 13 nitrogen and oxygen atoms in total. The lowest BCUT2D eigenvalue weighted by Crippen LogP contribution is -2.64. The van der Waals surface area contributed by atoms with E-state index in [1.165, 1.54) is 49.2 Å². The molecule has 5 amide bonds. The maximum Gasteiger partial charge on any atom is 0.337 e. The van der Waals surface area contributed by atoms with E-state index < -0.39 is 29.2 Å². The van der Waals surface area contributed by atoms with E-state index in [9.17, 15) is 29.1 Å². The summed E-state index contributed by atoms with van der Waals surface area (Å²) in [5.74, 6) is -0.591. The minimum atomic E-state index is -1.20. The average molecular weight is 720 g/mol. The molecule has 1 unspecified atom stereocenters. The Bertz CT molecular complexity index is 1590. The number of phenols is 2. The fourth-order valence-electron chi connectivity index (χ4n) is 5.64. The molecule has 0 saturated carbocycles. The number of aromatic nitrogens is 1. The summed E-state index contributed by atoms with van der Waals surface area (Å²) < 4.78 is 0. The van der Waals surface area contributed by atoms with E-state index in [0.29, 0.717) is 29.7 Å². The number of hydrogen-bond acceptors (Lipinski definition) is 9. The molecule has 0 aliphatic carbocycles. The van der Waals surface area contributed by atoms with Crippen LogP contribution < -0.4 is 16.0 Å². The second-order valence-electron chi connectivity index (χ2n) is 12.6. The second kappa shape index (κ2) is 22.3. The van der Waals surface area contributed by atoms with Crippen LogP contribution in [0.25, 0.3) is 0 Å². The number of imide groups is 2. The first-order valence-corrected chi connectivity index (χ1v) is 16.9. The topological polar surface area (TPSA) is 198 Å². The molecule has 1 aromatic heterocycles. The van der Waals surface area contributed by atoms with Gasteiger partial charge in [-0.2, -0.15) is 0 Å². The summed E-state index contributed by atoms with van der Waals surface area (Å²) in [6.45, 7) is 14.3. The van der Waals surface area contributed by atoms with E-state index in [-0.39, 0.29) is 29.6 Å². The quantitative estimate of drug-likeness (QED) is 0.0756. The Labute approximate surface area is 306 Å². The van der Waals surface area contributed by atoms with Crippen molar-refractivity contribution in [1.29, 1.82) is 0 Å². The van der Waals surface area contributed by atoms with Crippen LogP contribution >= 0.6 is 0 Å². The first kappa shape index (κ1) is 44.5. The number of carbonyl (C=O) groups excluding carboxylic acids is 4. The van der Waals surface area contributed by atoms with Gasteiger partial charge in [0, 0.05) is 31.5 Å². The van der Waals surface area contributed by atoms with Crippen LogP contribution in [0.5, 0.6) is 11.5 Å². The summed E-state index contributed by atoms with van der Waals surface area (Å²) in [6.07, 6.45) is 6.38. The van der Waals surface area contributed by atoms with Gasteiger partial charge in [0.2, 0.25) is 17.7 Å². The Kier molecular flexibility index (Phi) is 19.1. The van der Waals surface area contributed by atoms with Crippen LogP contribution in [0, 0.1) is 17.3 Å². The first-order chi connectivity index (χ1) is 24.5. The molecule has 2 heterocycles. The number of carboxylic acids is 1. The van der Waals surface area contributed by atoms with E-state index in [1.807, 2.05) is 26.0 Å². The van der Waals surface area contributed by atoms with Gasteiger partial charge in [-0.3, -0.25) is 30.0 Å². The maximum atomic E-state index is 11.9. The molecule has 1 saturated heterocycles. The van der Waals surface area contributed by atoms with Crippen LogP contribution in [0.15, 0.2) is 85.7 Å². The number of anilines is 1. The van der Waals surface area contributed by atoms with Gasteiger partial charge in [-0.05, 0) is 98.8 Å². The third-order valence-electron chi connectivity index (χ3n) is 8.36. The van der Waals surface area contributed by atoms with Gasteiger partial charge in [-0.25, -0.2) is 9.59 Å². The zero-order valence-electron chi connectivity index (χ0n) is 31.1. The zero-order valence-corrected chi connectivity index (χ0v) is 31.1. The standard InChI is InChI=1S/C14H23NO.C11H16N2O3.C8H9NO2.C6H5NO2/c1-5-14(11(2)10-15(3)4)12-7-6-8-13(16)9-12;1-4-6-11(7(3)5-2)8(14)12-10(16)13-9(11)15;1-6(10)9-7-2-4-8(11)5-3-7;8-6(9)5-2-1-3-7-4-5/h6-9,11,14,16H,5,10H2,1-4H3;4,7H,1,5-6H2,2-3H3,(H2,12,13,14,15,16);2-5,11H,1H3,(H,9,10);1-4H,(H,8,9)/t11-,14+;;;/m0.../s1. The lowest BCUT2D eigenvalue weighted by atomic mass is 9.70. The highest BCUT2D eigenvalue weighted by Gasteiger charge is 2.52. The van der Waals surface area contributed by atoms with Gasteiger partial charge in [0.1, 0.15) is 16.9 Å². The lowest BCUT2D eigenvalue weighted by Gasteiger charge is -2.37. The van der Waals surface area contributed by atoms with Crippen molar-refractivity contribution in [1.82, 2.24) is 20.5 Å². The minimum Gasteiger partial charge on any atom is -0.508 e. The normalized spacial score (nSPS) is 14.6. The SMILES string of the molecule is C=CCC1(C(C)CC)C(=O)NC(=O)NC1=O.CC(=O)Nc1ccc(O)cc1.CC[C@@H](c1cccc(O)c1)[C@@H](C)CN(C)C.O=C(O)c1cccnc1. The van der Waals surface area contributed by atoms with Crippen LogP contribution in [0.2, 0.25) is 0 Å². The van der Waals surface area contributed by atoms with Crippen molar-refractivity contribution in [2.24, 2.45) is 17.3 Å².